The largest absolute Gasteiger partial charge is 0.388 e. The zero-order chi connectivity index (χ0) is 23.5. The number of carbonyl (C=O) groups is 2. The number of hydrogen-bond acceptors (Lipinski definition) is 5. The van der Waals surface area contributed by atoms with Crippen LogP contribution in [0.5, 0.6) is 0 Å². The molecule has 8 heteroatoms. The van der Waals surface area contributed by atoms with Crippen molar-refractivity contribution in [1.29, 1.82) is 0 Å². The third-order valence-electron chi connectivity index (χ3n) is 9.14. The molecule has 32 heavy (non-hydrogen) atoms. The molecular weight excluding hydrogens is 458 g/mol. The Morgan fingerprint density at radius 1 is 1.25 bits per heavy atom. The van der Waals surface area contributed by atoms with Crippen molar-refractivity contribution < 1.29 is 28.6 Å². The SMILES string of the molecule is CC1(C)O[C@H]2C[C@H]3[C@@H]4C[C@H](F)C5=CC(=O)C=C[C@]5(C)[C@@]4(Cl)[C@@H](Cl)C[C@]3(C)[C@]2(C(=O)CO)O1. The van der Waals surface area contributed by atoms with Gasteiger partial charge in [0.15, 0.2) is 23.0 Å². The summed E-state index contributed by atoms with van der Waals surface area (Å²) in [5.41, 5.74) is -2.74. The summed E-state index contributed by atoms with van der Waals surface area (Å²) in [5.74, 6) is -2.28. The first kappa shape index (κ1) is 23.0. The zero-order valence-electron chi connectivity index (χ0n) is 18.7. The van der Waals surface area contributed by atoms with E-state index in [4.69, 9.17) is 32.7 Å². The molecule has 1 heterocycles. The predicted molar refractivity (Wildman–Crippen MR) is 117 cm³/mol. The number of ether oxygens (including phenoxy) is 2. The maximum absolute atomic E-state index is 15.6. The van der Waals surface area contributed by atoms with E-state index in [9.17, 15) is 14.7 Å². The van der Waals surface area contributed by atoms with E-state index >= 15 is 4.39 Å². The number of aliphatic hydroxyl groups excluding tert-OH is 1. The molecule has 0 aromatic heterocycles. The fourth-order valence-electron chi connectivity index (χ4n) is 7.85. The molecule has 1 aliphatic heterocycles. The number of hydrogen-bond donors (Lipinski definition) is 1. The van der Waals surface area contributed by atoms with Crippen LogP contribution in [0.15, 0.2) is 23.8 Å². The van der Waals surface area contributed by atoms with Crippen LogP contribution in [0.3, 0.4) is 0 Å². The highest BCUT2D eigenvalue weighted by molar-refractivity contribution is 6.34. The molecule has 0 aromatic rings. The van der Waals surface area contributed by atoms with Gasteiger partial charge in [-0.15, -0.1) is 23.2 Å². The molecule has 3 saturated carbocycles. The first-order valence-corrected chi connectivity index (χ1v) is 12.0. The summed E-state index contributed by atoms with van der Waals surface area (Å²) in [5, 5.41) is 9.24. The van der Waals surface area contributed by atoms with E-state index in [2.05, 4.69) is 0 Å². The molecule has 4 fully saturated rings. The number of halogens is 3. The lowest BCUT2D eigenvalue weighted by atomic mass is 9.46. The Hall–Kier alpha value is -0.790. The summed E-state index contributed by atoms with van der Waals surface area (Å²) in [7, 11) is 0. The van der Waals surface area contributed by atoms with Crippen LogP contribution in [0.2, 0.25) is 0 Å². The molecule has 0 aromatic carbocycles. The van der Waals surface area contributed by atoms with Gasteiger partial charge in [0.25, 0.3) is 0 Å². The van der Waals surface area contributed by atoms with Crippen LogP contribution in [0.4, 0.5) is 4.39 Å². The molecule has 0 spiro atoms. The van der Waals surface area contributed by atoms with Crippen LogP contribution >= 0.6 is 23.2 Å². The van der Waals surface area contributed by atoms with Crippen LogP contribution < -0.4 is 0 Å². The highest BCUT2D eigenvalue weighted by Gasteiger charge is 2.79. The van der Waals surface area contributed by atoms with Crippen molar-refractivity contribution in [2.45, 2.75) is 80.9 Å². The van der Waals surface area contributed by atoms with E-state index in [1.807, 2.05) is 13.8 Å². The monoisotopic (exact) mass is 486 g/mol. The van der Waals surface area contributed by atoms with Crippen molar-refractivity contribution in [3.8, 4) is 0 Å². The smallest absolute Gasteiger partial charge is 0.193 e. The van der Waals surface area contributed by atoms with E-state index in [1.54, 1.807) is 19.9 Å². The highest BCUT2D eigenvalue weighted by atomic mass is 35.5. The Kier molecular flexibility index (Phi) is 4.78. The molecule has 1 N–H and O–H groups in total. The van der Waals surface area contributed by atoms with E-state index in [0.717, 1.165) is 0 Å². The number of allylic oxidation sites excluding steroid dienone is 4. The van der Waals surface area contributed by atoms with Gasteiger partial charge in [0, 0.05) is 10.8 Å². The fourth-order valence-corrected chi connectivity index (χ4v) is 9.05. The topological polar surface area (TPSA) is 72.8 Å². The molecule has 0 bridgehead atoms. The molecule has 0 radical (unpaired) electrons. The van der Waals surface area contributed by atoms with E-state index in [1.165, 1.54) is 12.2 Å². The second kappa shape index (κ2) is 6.66. The molecule has 4 aliphatic carbocycles. The molecule has 5 aliphatic rings. The predicted octanol–water partition coefficient (Wildman–Crippen LogP) is 3.88. The third kappa shape index (κ3) is 2.46. The summed E-state index contributed by atoms with van der Waals surface area (Å²) in [6.45, 7) is 6.63. The van der Waals surface area contributed by atoms with Gasteiger partial charge in [0.05, 0.1) is 16.4 Å². The number of rotatable bonds is 2. The third-order valence-corrected chi connectivity index (χ3v) is 10.7. The average molecular weight is 487 g/mol. The van der Waals surface area contributed by atoms with Gasteiger partial charge in [0.2, 0.25) is 0 Å². The highest BCUT2D eigenvalue weighted by Crippen LogP contribution is 2.73. The van der Waals surface area contributed by atoms with Gasteiger partial charge in [-0.25, -0.2) is 4.39 Å². The maximum atomic E-state index is 15.6. The lowest BCUT2D eigenvalue weighted by Gasteiger charge is -2.64. The molecule has 176 valence electrons. The summed E-state index contributed by atoms with van der Waals surface area (Å²) in [6.07, 6.45) is 3.47. The molecule has 0 unspecified atom stereocenters. The quantitative estimate of drug-likeness (QED) is 0.599. The Bertz CT molecular complexity index is 964. The lowest BCUT2D eigenvalue weighted by molar-refractivity contribution is -0.213. The second-order valence-electron chi connectivity index (χ2n) is 11.0. The van der Waals surface area contributed by atoms with Crippen molar-refractivity contribution in [3.63, 3.8) is 0 Å². The minimum Gasteiger partial charge on any atom is -0.388 e. The summed E-state index contributed by atoms with van der Waals surface area (Å²) < 4.78 is 28.1. The Balaban J connectivity index is 1.66. The van der Waals surface area contributed by atoms with Crippen LogP contribution in [0.1, 0.15) is 47.0 Å². The second-order valence-corrected chi connectivity index (χ2v) is 12.1. The molecule has 0 amide bonds. The van der Waals surface area contributed by atoms with Crippen molar-refractivity contribution in [3.05, 3.63) is 23.8 Å². The van der Waals surface area contributed by atoms with Gasteiger partial charge in [-0.2, -0.15) is 0 Å². The van der Waals surface area contributed by atoms with Gasteiger partial charge in [0.1, 0.15) is 12.8 Å². The Morgan fingerprint density at radius 2 is 1.94 bits per heavy atom. The van der Waals surface area contributed by atoms with Gasteiger partial charge in [-0.05, 0) is 62.7 Å². The van der Waals surface area contributed by atoms with E-state index < -0.39 is 57.1 Å². The van der Waals surface area contributed by atoms with Crippen molar-refractivity contribution >= 4 is 34.8 Å². The number of carbonyl (C=O) groups excluding carboxylic acids is 2. The maximum Gasteiger partial charge on any atom is 0.193 e. The Morgan fingerprint density at radius 3 is 2.59 bits per heavy atom. The minimum absolute atomic E-state index is 0.106. The van der Waals surface area contributed by atoms with Crippen LogP contribution in [-0.4, -0.2) is 57.2 Å². The molecular formula is C24H29Cl2FO5. The van der Waals surface area contributed by atoms with Crippen LogP contribution in [-0.2, 0) is 19.1 Å². The minimum atomic E-state index is -1.37. The average Bonchev–Trinajstić information content (AvgIpc) is 3.11. The van der Waals surface area contributed by atoms with Crippen LogP contribution in [0.25, 0.3) is 0 Å². The molecule has 5 rings (SSSR count). The van der Waals surface area contributed by atoms with Crippen LogP contribution in [0, 0.1) is 22.7 Å². The van der Waals surface area contributed by atoms with Crippen molar-refractivity contribution in [1.82, 2.24) is 0 Å². The Labute approximate surface area is 197 Å². The lowest BCUT2D eigenvalue weighted by Crippen LogP contribution is -2.69. The number of ketones is 2. The first-order chi connectivity index (χ1) is 14.8. The van der Waals surface area contributed by atoms with E-state index in [-0.39, 0.29) is 24.0 Å². The number of alkyl halides is 3. The summed E-state index contributed by atoms with van der Waals surface area (Å²) >= 11 is 14.5. The molecule has 5 nitrogen and oxygen atoms in total. The van der Waals surface area contributed by atoms with Gasteiger partial charge < -0.3 is 14.6 Å². The fraction of sp³-hybridized carbons (Fsp3) is 0.750. The molecule has 1 saturated heterocycles. The standard InChI is InChI=1S/C24H29Cl2FO5/c1-20(2)31-19-9-13-14-8-16(27)15-7-12(29)5-6-21(15,3)23(14,26)17(25)10-22(13,4)24(19,32-20)18(30)11-28/h5-7,13-14,16-17,19,28H,8-11H2,1-4H3/t13-,14-,16-,17-,19-,21-,22-,23-,24+/m0/s1. The first-order valence-electron chi connectivity index (χ1n) is 11.2. The number of aliphatic hydroxyl groups is 1. The summed E-state index contributed by atoms with van der Waals surface area (Å²) in [4.78, 5) is 24.2. The van der Waals surface area contributed by atoms with Crippen molar-refractivity contribution in [2.75, 3.05) is 6.61 Å². The normalized spacial score (nSPS) is 53.2. The van der Waals surface area contributed by atoms with Crippen molar-refractivity contribution in [2.24, 2.45) is 22.7 Å². The van der Waals surface area contributed by atoms with E-state index in [0.29, 0.717) is 18.4 Å². The zero-order valence-corrected chi connectivity index (χ0v) is 20.2. The number of fused-ring (bicyclic) bond motifs is 7. The molecule has 9 atom stereocenters. The summed E-state index contributed by atoms with van der Waals surface area (Å²) in [6, 6.07) is 0. The van der Waals surface area contributed by atoms with Gasteiger partial charge in [-0.3, -0.25) is 9.59 Å². The van der Waals surface area contributed by atoms with Gasteiger partial charge >= 0.3 is 0 Å². The van der Waals surface area contributed by atoms with Gasteiger partial charge in [-0.1, -0.05) is 19.9 Å². The number of Topliss-reactive ketones (excluding diaryl/α,β-unsaturated/α-hetero) is 1.